The zero-order valence-corrected chi connectivity index (χ0v) is 16.0. The van der Waals surface area contributed by atoms with Gasteiger partial charge in [0.15, 0.2) is 0 Å². The number of nitrogens with one attached hydrogen (secondary N) is 1. The van der Waals surface area contributed by atoms with Gasteiger partial charge in [-0.15, -0.1) is 11.8 Å². The Morgan fingerprint density at radius 3 is 2.38 bits per heavy atom. The second-order valence-corrected chi connectivity index (χ2v) is 7.25. The van der Waals surface area contributed by atoms with Crippen molar-refractivity contribution in [1.82, 2.24) is 4.90 Å². The number of piperazine rings is 1. The van der Waals surface area contributed by atoms with E-state index in [1.54, 1.807) is 23.9 Å². The largest absolute Gasteiger partial charge is 0.508 e. The molecule has 0 aliphatic carbocycles. The lowest BCUT2D eigenvalue weighted by Gasteiger charge is -2.38. The summed E-state index contributed by atoms with van der Waals surface area (Å²) in [6.07, 6.45) is 2.01. The summed E-state index contributed by atoms with van der Waals surface area (Å²) >= 11 is 1.63. The van der Waals surface area contributed by atoms with E-state index >= 15 is 0 Å². The van der Waals surface area contributed by atoms with Gasteiger partial charge in [0.2, 0.25) is 5.91 Å². The minimum Gasteiger partial charge on any atom is -0.508 e. The molecule has 138 valence electrons. The molecule has 1 atom stereocenters. The van der Waals surface area contributed by atoms with Crippen LogP contribution in [0.15, 0.2) is 53.4 Å². The lowest BCUT2D eigenvalue weighted by atomic mass is 10.2. The lowest BCUT2D eigenvalue weighted by Crippen LogP contribution is -2.52. The Bertz CT molecular complexity index is 743. The molecule has 1 amide bonds. The number of benzene rings is 2. The third-order valence-electron chi connectivity index (χ3n) is 4.82. The summed E-state index contributed by atoms with van der Waals surface area (Å²) in [6, 6.07) is 15.0. The van der Waals surface area contributed by atoms with E-state index in [0.29, 0.717) is 0 Å². The maximum absolute atomic E-state index is 12.7. The molecule has 2 aromatic rings. The quantitative estimate of drug-likeness (QED) is 0.790. The monoisotopic (exact) mass is 371 g/mol. The molecule has 1 aliphatic rings. The number of phenols is 1. The van der Waals surface area contributed by atoms with E-state index in [2.05, 4.69) is 15.1 Å². The lowest BCUT2D eigenvalue weighted by molar-refractivity contribution is -0.120. The Balaban J connectivity index is 1.56. The first kappa shape index (κ1) is 18.6. The van der Waals surface area contributed by atoms with Crippen LogP contribution in [0.25, 0.3) is 0 Å². The highest BCUT2D eigenvalue weighted by Gasteiger charge is 2.26. The molecule has 2 N–H and O–H groups in total. The molecule has 5 nitrogen and oxygen atoms in total. The Morgan fingerprint density at radius 1 is 1.08 bits per heavy atom. The Morgan fingerprint density at radius 2 is 1.73 bits per heavy atom. The Labute approximate surface area is 159 Å². The number of rotatable bonds is 5. The van der Waals surface area contributed by atoms with Gasteiger partial charge in [0.25, 0.3) is 0 Å². The van der Waals surface area contributed by atoms with Crippen LogP contribution >= 0.6 is 11.8 Å². The molecule has 6 heteroatoms. The number of anilines is 2. The summed E-state index contributed by atoms with van der Waals surface area (Å²) in [5.41, 5.74) is 1.98. The normalized spacial score (nSPS) is 16.3. The van der Waals surface area contributed by atoms with E-state index < -0.39 is 0 Å². The van der Waals surface area contributed by atoms with Crippen LogP contribution in [0, 0.1) is 0 Å². The fraction of sp³-hybridized carbons (Fsp3) is 0.350. The van der Waals surface area contributed by atoms with Gasteiger partial charge < -0.3 is 15.3 Å². The van der Waals surface area contributed by atoms with Crippen molar-refractivity contribution in [3.05, 3.63) is 48.5 Å². The first-order valence-electron chi connectivity index (χ1n) is 8.80. The van der Waals surface area contributed by atoms with Gasteiger partial charge in [-0.25, -0.2) is 0 Å². The zero-order chi connectivity index (χ0) is 18.5. The summed E-state index contributed by atoms with van der Waals surface area (Å²) in [5, 5.41) is 12.5. The number of thioether (sulfide) groups is 1. The van der Waals surface area contributed by atoms with Crippen molar-refractivity contribution in [3.63, 3.8) is 0 Å². The maximum Gasteiger partial charge on any atom is 0.241 e. The van der Waals surface area contributed by atoms with Gasteiger partial charge in [0.1, 0.15) is 5.75 Å². The first-order valence-corrected chi connectivity index (χ1v) is 10.0. The maximum atomic E-state index is 12.7. The molecule has 3 rings (SSSR count). The third-order valence-corrected chi connectivity index (χ3v) is 5.62. The van der Waals surface area contributed by atoms with Gasteiger partial charge in [-0.3, -0.25) is 9.69 Å². The highest BCUT2D eigenvalue weighted by molar-refractivity contribution is 7.98. The predicted molar refractivity (Wildman–Crippen MR) is 108 cm³/mol. The number of nitrogens with zero attached hydrogens (tertiary/aromatic N) is 2. The van der Waals surface area contributed by atoms with E-state index in [1.807, 2.05) is 49.6 Å². The Kier molecular flexibility index (Phi) is 6.06. The zero-order valence-electron chi connectivity index (χ0n) is 15.2. The van der Waals surface area contributed by atoms with Crippen LogP contribution < -0.4 is 10.2 Å². The molecule has 1 unspecified atom stereocenters. The molecule has 0 bridgehead atoms. The number of hydrogen-bond acceptors (Lipinski definition) is 5. The summed E-state index contributed by atoms with van der Waals surface area (Å²) in [4.78, 5) is 18.2. The molecule has 1 aliphatic heterocycles. The smallest absolute Gasteiger partial charge is 0.241 e. The van der Waals surface area contributed by atoms with E-state index in [4.69, 9.17) is 0 Å². The average Bonchev–Trinajstić information content (AvgIpc) is 2.68. The van der Waals surface area contributed by atoms with Crippen molar-refractivity contribution in [3.8, 4) is 5.75 Å². The van der Waals surface area contributed by atoms with Gasteiger partial charge in [0, 0.05) is 36.8 Å². The fourth-order valence-electron chi connectivity index (χ4n) is 3.18. The molecule has 2 aromatic carbocycles. The molecule has 1 fully saturated rings. The first-order chi connectivity index (χ1) is 12.6. The van der Waals surface area contributed by atoms with Crippen molar-refractivity contribution in [1.29, 1.82) is 0 Å². The second kappa shape index (κ2) is 8.47. The highest BCUT2D eigenvalue weighted by Crippen LogP contribution is 2.25. The van der Waals surface area contributed by atoms with Gasteiger partial charge in [-0.1, -0.05) is 12.1 Å². The van der Waals surface area contributed by atoms with Crippen molar-refractivity contribution in [2.45, 2.75) is 17.9 Å². The molecular weight excluding hydrogens is 346 g/mol. The van der Waals surface area contributed by atoms with E-state index in [-0.39, 0.29) is 17.7 Å². The predicted octanol–water partition coefficient (Wildman–Crippen LogP) is 3.26. The number of amides is 1. The number of hydrogen-bond donors (Lipinski definition) is 2. The summed E-state index contributed by atoms with van der Waals surface area (Å²) in [7, 11) is 0. The van der Waals surface area contributed by atoms with Crippen LogP contribution in [0.5, 0.6) is 5.75 Å². The summed E-state index contributed by atoms with van der Waals surface area (Å²) in [6.45, 7) is 5.36. The van der Waals surface area contributed by atoms with Gasteiger partial charge >= 0.3 is 0 Å². The molecule has 1 heterocycles. The average molecular weight is 372 g/mol. The summed E-state index contributed by atoms with van der Waals surface area (Å²) < 4.78 is 0. The van der Waals surface area contributed by atoms with Crippen LogP contribution in [-0.4, -0.2) is 54.4 Å². The molecular formula is C20H25N3O2S. The number of carbonyl (C=O) groups is 1. The molecule has 26 heavy (non-hydrogen) atoms. The fourth-order valence-corrected chi connectivity index (χ4v) is 3.74. The topological polar surface area (TPSA) is 55.8 Å². The van der Waals surface area contributed by atoms with Crippen molar-refractivity contribution in [2.24, 2.45) is 0 Å². The second-order valence-electron chi connectivity index (χ2n) is 6.40. The van der Waals surface area contributed by atoms with Crippen molar-refractivity contribution in [2.75, 3.05) is 42.7 Å². The highest BCUT2D eigenvalue weighted by atomic mass is 32.2. The van der Waals surface area contributed by atoms with Gasteiger partial charge in [-0.2, -0.15) is 0 Å². The summed E-state index contributed by atoms with van der Waals surface area (Å²) in [5.74, 6) is 0.313. The standard InChI is InChI=1S/C20H25N3O2S/c1-15(20(25)21-18-5-3-4-6-19(18)26-2)22-11-13-23(14-12-22)16-7-9-17(24)10-8-16/h3-10,15,24H,11-14H2,1-2H3,(H,21,25). The SMILES string of the molecule is CSc1ccccc1NC(=O)C(C)N1CCN(c2ccc(O)cc2)CC1. The van der Waals surface area contributed by atoms with Crippen molar-refractivity contribution >= 4 is 29.0 Å². The molecule has 0 aromatic heterocycles. The van der Waals surface area contributed by atoms with Crippen LogP contribution in [0.1, 0.15) is 6.92 Å². The molecule has 0 spiro atoms. The molecule has 0 saturated carbocycles. The molecule has 1 saturated heterocycles. The van der Waals surface area contributed by atoms with Crippen molar-refractivity contribution < 1.29 is 9.90 Å². The minimum atomic E-state index is -0.174. The van der Waals surface area contributed by atoms with Gasteiger partial charge in [-0.05, 0) is 49.6 Å². The van der Waals surface area contributed by atoms with Crippen LogP contribution in [0.4, 0.5) is 11.4 Å². The van der Waals surface area contributed by atoms with Gasteiger partial charge in [0.05, 0.1) is 11.7 Å². The van der Waals surface area contributed by atoms with Crippen LogP contribution in [0.3, 0.4) is 0 Å². The number of para-hydroxylation sites is 1. The number of phenolic OH excluding ortho intramolecular Hbond substituents is 1. The molecule has 0 radical (unpaired) electrons. The Hall–Kier alpha value is -2.18. The number of aromatic hydroxyl groups is 1. The number of carbonyl (C=O) groups excluding carboxylic acids is 1. The van der Waals surface area contributed by atoms with E-state index in [1.165, 1.54) is 0 Å². The third kappa shape index (κ3) is 4.31. The van der Waals surface area contributed by atoms with E-state index in [0.717, 1.165) is 42.4 Å². The van der Waals surface area contributed by atoms with Crippen LogP contribution in [0.2, 0.25) is 0 Å². The minimum absolute atomic E-state index is 0.0320. The van der Waals surface area contributed by atoms with Crippen LogP contribution in [-0.2, 0) is 4.79 Å². The van der Waals surface area contributed by atoms with E-state index in [9.17, 15) is 9.90 Å².